The maximum Gasteiger partial charge on any atom is 0.192 e. The molecule has 1 atom stereocenters. The number of benzene rings is 3. The zero-order chi connectivity index (χ0) is 24.1. The van der Waals surface area contributed by atoms with Crippen LogP contribution in [0.4, 0.5) is 4.39 Å². The lowest BCUT2D eigenvalue weighted by atomic mass is 10.1. The lowest BCUT2D eigenvalue weighted by Gasteiger charge is -2.14. The molecule has 1 unspecified atom stereocenters. The molecule has 34 heavy (non-hydrogen) atoms. The summed E-state index contributed by atoms with van der Waals surface area (Å²) in [5.41, 5.74) is 1.87. The Morgan fingerprint density at radius 3 is 2.38 bits per heavy atom. The van der Waals surface area contributed by atoms with E-state index in [1.54, 1.807) is 43.5 Å². The minimum atomic E-state index is -0.467. The third-order valence-electron chi connectivity index (χ3n) is 5.33. The van der Waals surface area contributed by atoms with Crippen LogP contribution in [0.15, 0.2) is 78.0 Å². The van der Waals surface area contributed by atoms with E-state index in [2.05, 4.69) is 10.2 Å². The summed E-state index contributed by atoms with van der Waals surface area (Å²) in [7, 11) is 3.07. The molecule has 1 aromatic heterocycles. The molecule has 4 rings (SSSR count). The van der Waals surface area contributed by atoms with Gasteiger partial charge in [-0.05, 0) is 42.8 Å². The van der Waals surface area contributed by atoms with Gasteiger partial charge in [-0.25, -0.2) is 4.39 Å². The van der Waals surface area contributed by atoms with Crippen molar-refractivity contribution >= 4 is 17.5 Å². The minimum absolute atomic E-state index is 0.0901. The van der Waals surface area contributed by atoms with Crippen molar-refractivity contribution in [2.75, 3.05) is 14.2 Å². The molecule has 6 nitrogen and oxygen atoms in total. The van der Waals surface area contributed by atoms with Crippen LogP contribution >= 0.6 is 11.8 Å². The van der Waals surface area contributed by atoms with E-state index in [9.17, 15) is 9.18 Å². The number of ketones is 1. The van der Waals surface area contributed by atoms with Crippen LogP contribution < -0.4 is 9.47 Å². The van der Waals surface area contributed by atoms with Gasteiger partial charge in [0.2, 0.25) is 0 Å². The summed E-state index contributed by atoms with van der Waals surface area (Å²) in [6.07, 6.45) is 0. The van der Waals surface area contributed by atoms with Gasteiger partial charge in [0.05, 0.1) is 31.6 Å². The van der Waals surface area contributed by atoms with Gasteiger partial charge < -0.3 is 9.47 Å². The van der Waals surface area contributed by atoms with E-state index in [1.807, 2.05) is 41.8 Å². The Bertz CT molecular complexity index is 1290. The second kappa shape index (κ2) is 10.5. The number of nitrogens with zero attached hydrogens (tertiary/aromatic N) is 3. The number of Topliss-reactive ketones (excluding diaryl/α,β-unsaturated/α-hetero) is 1. The summed E-state index contributed by atoms with van der Waals surface area (Å²) in [5, 5.41) is 8.67. The first-order valence-corrected chi connectivity index (χ1v) is 11.5. The molecular weight excluding hydrogens is 453 g/mol. The Morgan fingerprint density at radius 2 is 1.68 bits per heavy atom. The van der Waals surface area contributed by atoms with Gasteiger partial charge in [-0.3, -0.25) is 9.36 Å². The van der Waals surface area contributed by atoms with E-state index in [1.165, 1.54) is 24.9 Å². The molecular formula is C26H24FN3O3S. The van der Waals surface area contributed by atoms with E-state index in [4.69, 9.17) is 9.47 Å². The van der Waals surface area contributed by atoms with Crippen molar-refractivity contribution in [2.45, 2.75) is 23.9 Å². The lowest BCUT2D eigenvalue weighted by Crippen LogP contribution is -2.15. The molecule has 0 aliphatic carbocycles. The molecule has 3 aromatic carbocycles. The molecule has 8 heteroatoms. The summed E-state index contributed by atoms with van der Waals surface area (Å²) < 4.78 is 27.0. The van der Waals surface area contributed by atoms with Gasteiger partial charge in [-0.1, -0.05) is 54.2 Å². The van der Waals surface area contributed by atoms with Crippen molar-refractivity contribution in [1.82, 2.24) is 14.8 Å². The second-order valence-corrected chi connectivity index (χ2v) is 8.86. The fourth-order valence-electron chi connectivity index (χ4n) is 3.56. The fourth-order valence-corrected chi connectivity index (χ4v) is 4.49. The van der Waals surface area contributed by atoms with Crippen LogP contribution in [-0.2, 0) is 6.54 Å². The molecule has 174 valence electrons. The van der Waals surface area contributed by atoms with Crippen molar-refractivity contribution in [3.63, 3.8) is 0 Å². The molecule has 0 saturated carbocycles. The molecule has 0 N–H and O–H groups in total. The van der Waals surface area contributed by atoms with Crippen molar-refractivity contribution in [3.05, 3.63) is 89.7 Å². The number of halogens is 1. The monoisotopic (exact) mass is 477 g/mol. The number of carbonyl (C=O) groups is 1. The van der Waals surface area contributed by atoms with Gasteiger partial charge >= 0.3 is 0 Å². The zero-order valence-corrected chi connectivity index (χ0v) is 19.9. The number of rotatable bonds is 9. The van der Waals surface area contributed by atoms with Crippen molar-refractivity contribution in [3.8, 4) is 22.9 Å². The average Bonchev–Trinajstić information content (AvgIpc) is 3.25. The van der Waals surface area contributed by atoms with Crippen LogP contribution in [0, 0.1) is 5.82 Å². The average molecular weight is 478 g/mol. The van der Waals surface area contributed by atoms with Gasteiger partial charge in [0, 0.05) is 5.56 Å². The van der Waals surface area contributed by atoms with Gasteiger partial charge in [0.25, 0.3) is 0 Å². The Morgan fingerprint density at radius 1 is 0.971 bits per heavy atom. The summed E-state index contributed by atoms with van der Waals surface area (Å²) in [4.78, 5) is 13.2. The predicted molar refractivity (Wildman–Crippen MR) is 130 cm³/mol. The van der Waals surface area contributed by atoms with E-state index >= 15 is 0 Å². The van der Waals surface area contributed by atoms with Crippen LogP contribution in [-0.4, -0.2) is 40.0 Å². The second-order valence-electron chi connectivity index (χ2n) is 7.55. The number of aromatic nitrogens is 3. The topological polar surface area (TPSA) is 66.2 Å². The molecule has 0 saturated heterocycles. The molecule has 0 spiro atoms. The Balaban J connectivity index is 1.66. The number of hydrogen-bond acceptors (Lipinski definition) is 6. The third-order valence-corrected chi connectivity index (χ3v) is 6.42. The van der Waals surface area contributed by atoms with Crippen LogP contribution in [0.1, 0.15) is 22.8 Å². The first kappa shape index (κ1) is 23.5. The highest BCUT2D eigenvalue weighted by Crippen LogP contribution is 2.32. The number of carbonyl (C=O) groups excluding carboxylic acids is 1. The molecule has 0 aliphatic heterocycles. The van der Waals surface area contributed by atoms with E-state index < -0.39 is 5.25 Å². The first-order valence-electron chi connectivity index (χ1n) is 10.7. The SMILES string of the molecule is COc1ccc(C(=O)C(C)Sc2nnc(-c3ccccc3F)n2Cc2ccccc2)cc1OC. The standard InChI is InChI=1S/C26H24FN3O3S/c1-17(24(31)19-13-14-22(32-2)23(15-19)33-3)34-26-29-28-25(20-11-7-8-12-21(20)27)30(26)16-18-9-5-4-6-10-18/h4-15,17H,16H2,1-3H3. The first-order chi connectivity index (χ1) is 16.5. The van der Waals surface area contributed by atoms with Crippen LogP contribution in [0.2, 0.25) is 0 Å². The maximum absolute atomic E-state index is 14.6. The highest BCUT2D eigenvalue weighted by molar-refractivity contribution is 8.00. The van der Waals surface area contributed by atoms with Gasteiger partial charge in [0.15, 0.2) is 28.3 Å². The molecule has 1 heterocycles. The number of thioether (sulfide) groups is 1. The number of methoxy groups -OCH3 is 2. The van der Waals surface area contributed by atoms with E-state index in [-0.39, 0.29) is 11.6 Å². The molecule has 4 aromatic rings. The van der Waals surface area contributed by atoms with Crippen LogP contribution in [0.3, 0.4) is 0 Å². The predicted octanol–water partition coefficient (Wildman–Crippen LogP) is 5.51. The van der Waals surface area contributed by atoms with Crippen LogP contribution in [0.5, 0.6) is 11.5 Å². The maximum atomic E-state index is 14.6. The van der Waals surface area contributed by atoms with Gasteiger partial charge in [0.1, 0.15) is 5.82 Å². The summed E-state index contributed by atoms with van der Waals surface area (Å²) in [6.45, 7) is 2.26. The fraction of sp³-hybridized carbons (Fsp3) is 0.192. The van der Waals surface area contributed by atoms with Crippen molar-refractivity contribution in [2.24, 2.45) is 0 Å². The molecule has 0 bridgehead atoms. The molecule has 0 amide bonds. The summed E-state index contributed by atoms with van der Waals surface area (Å²) >= 11 is 1.28. The highest BCUT2D eigenvalue weighted by Gasteiger charge is 2.24. The minimum Gasteiger partial charge on any atom is -0.493 e. The van der Waals surface area contributed by atoms with E-state index in [0.717, 1.165) is 5.56 Å². The van der Waals surface area contributed by atoms with Gasteiger partial charge in [-0.2, -0.15) is 0 Å². The zero-order valence-electron chi connectivity index (χ0n) is 19.1. The molecule has 0 radical (unpaired) electrons. The Hall–Kier alpha value is -3.65. The third kappa shape index (κ3) is 4.97. The largest absolute Gasteiger partial charge is 0.493 e. The van der Waals surface area contributed by atoms with Gasteiger partial charge in [-0.15, -0.1) is 10.2 Å². The smallest absolute Gasteiger partial charge is 0.192 e. The van der Waals surface area contributed by atoms with Crippen LogP contribution in [0.25, 0.3) is 11.4 Å². The quantitative estimate of drug-likeness (QED) is 0.234. The Kier molecular flexibility index (Phi) is 7.27. The van der Waals surface area contributed by atoms with Crippen molar-refractivity contribution in [1.29, 1.82) is 0 Å². The normalized spacial score (nSPS) is 11.8. The van der Waals surface area contributed by atoms with E-state index in [0.29, 0.717) is 40.2 Å². The number of ether oxygens (including phenoxy) is 2. The highest BCUT2D eigenvalue weighted by atomic mass is 32.2. The Labute approximate surface area is 201 Å². The lowest BCUT2D eigenvalue weighted by molar-refractivity contribution is 0.0993. The molecule has 0 fully saturated rings. The number of hydrogen-bond donors (Lipinski definition) is 0. The van der Waals surface area contributed by atoms with Crippen molar-refractivity contribution < 1.29 is 18.7 Å². The summed E-state index contributed by atoms with van der Waals surface area (Å²) in [6, 6.07) is 21.3. The molecule has 0 aliphatic rings. The summed E-state index contributed by atoms with van der Waals surface area (Å²) in [5.74, 6) is 0.981.